The first-order valence-electron chi connectivity index (χ1n) is 6.95. The highest BCUT2D eigenvalue weighted by Gasteiger charge is 2.46. The molecular formula is C14H13N3O5. The Balaban J connectivity index is 2.05. The zero-order valence-electron chi connectivity index (χ0n) is 11.6. The van der Waals surface area contributed by atoms with Gasteiger partial charge in [0, 0.05) is 12.6 Å². The van der Waals surface area contributed by atoms with Gasteiger partial charge in [-0.3, -0.25) is 29.4 Å². The molecule has 114 valence electrons. The van der Waals surface area contributed by atoms with Crippen molar-refractivity contribution in [2.45, 2.75) is 25.3 Å². The highest BCUT2D eigenvalue weighted by atomic mass is 16.6. The quantitative estimate of drug-likeness (QED) is 0.495. The Morgan fingerprint density at radius 3 is 2.68 bits per heavy atom. The van der Waals surface area contributed by atoms with Crippen LogP contribution in [0.25, 0.3) is 0 Å². The van der Waals surface area contributed by atoms with Crippen molar-refractivity contribution >= 4 is 23.4 Å². The van der Waals surface area contributed by atoms with E-state index in [-0.39, 0.29) is 11.1 Å². The molecule has 0 aromatic heterocycles. The minimum absolute atomic E-state index is 0.0174. The van der Waals surface area contributed by atoms with Crippen molar-refractivity contribution in [3.63, 3.8) is 0 Å². The zero-order chi connectivity index (χ0) is 15.9. The van der Waals surface area contributed by atoms with E-state index in [9.17, 15) is 24.5 Å². The molecule has 1 N–H and O–H groups in total. The van der Waals surface area contributed by atoms with Gasteiger partial charge in [0.25, 0.3) is 17.5 Å². The summed E-state index contributed by atoms with van der Waals surface area (Å²) in [5.74, 6) is -1.81. The van der Waals surface area contributed by atoms with Crippen molar-refractivity contribution in [1.29, 1.82) is 0 Å². The molecule has 0 saturated carbocycles. The van der Waals surface area contributed by atoms with E-state index >= 15 is 0 Å². The number of hydrogen-bond donors (Lipinski definition) is 1. The Morgan fingerprint density at radius 1 is 1.18 bits per heavy atom. The first kappa shape index (κ1) is 14.2. The van der Waals surface area contributed by atoms with Crippen molar-refractivity contribution in [1.82, 2.24) is 10.2 Å². The monoisotopic (exact) mass is 303 g/mol. The number of carbonyl (C=O) groups is 3. The van der Waals surface area contributed by atoms with Crippen molar-refractivity contribution in [2.24, 2.45) is 0 Å². The van der Waals surface area contributed by atoms with Gasteiger partial charge < -0.3 is 5.32 Å². The lowest BCUT2D eigenvalue weighted by atomic mass is 10.1. The lowest BCUT2D eigenvalue weighted by Gasteiger charge is -2.23. The largest absolute Gasteiger partial charge is 0.354 e. The Morgan fingerprint density at radius 2 is 1.95 bits per heavy atom. The molecule has 0 bridgehead atoms. The van der Waals surface area contributed by atoms with Gasteiger partial charge in [0.05, 0.1) is 10.5 Å². The number of benzene rings is 1. The molecule has 0 spiro atoms. The fourth-order valence-corrected chi connectivity index (χ4v) is 2.89. The minimum Gasteiger partial charge on any atom is -0.354 e. The van der Waals surface area contributed by atoms with E-state index in [0.29, 0.717) is 19.4 Å². The van der Waals surface area contributed by atoms with Crippen LogP contribution in [-0.4, -0.2) is 40.1 Å². The van der Waals surface area contributed by atoms with E-state index in [2.05, 4.69) is 5.32 Å². The average Bonchev–Trinajstić information content (AvgIpc) is 2.65. The Kier molecular flexibility index (Phi) is 3.36. The van der Waals surface area contributed by atoms with Crippen molar-refractivity contribution in [3.8, 4) is 0 Å². The summed E-state index contributed by atoms with van der Waals surface area (Å²) >= 11 is 0. The van der Waals surface area contributed by atoms with Crippen LogP contribution in [0.4, 0.5) is 5.69 Å². The zero-order valence-corrected chi connectivity index (χ0v) is 11.6. The molecule has 2 aliphatic rings. The third-order valence-corrected chi connectivity index (χ3v) is 3.94. The summed E-state index contributed by atoms with van der Waals surface area (Å²) < 4.78 is 0. The molecule has 22 heavy (non-hydrogen) atoms. The second-order valence-corrected chi connectivity index (χ2v) is 5.24. The standard InChI is InChI=1S/C14H13N3O5/c18-12-10(5-1-2-7-15-12)16-13(19)8-4-3-6-9(17(21)22)11(8)14(16)20/h3-4,6,10H,1-2,5,7H2,(H,15,18)/t10-/m1/s1. The van der Waals surface area contributed by atoms with Gasteiger partial charge in [0.15, 0.2) is 0 Å². The van der Waals surface area contributed by atoms with E-state index in [4.69, 9.17) is 0 Å². The van der Waals surface area contributed by atoms with Crippen LogP contribution in [0.3, 0.4) is 0 Å². The van der Waals surface area contributed by atoms with E-state index in [1.54, 1.807) is 0 Å². The number of nitro groups is 1. The molecular weight excluding hydrogens is 290 g/mol. The van der Waals surface area contributed by atoms with Crippen LogP contribution in [0, 0.1) is 10.1 Å². The van der Waals surface area contributed by atoms with Gasteiger partial charge in [0.1, 0.15) is 11.6 Å². The second kappa shape index (κ2) is 5.21. The van der Waals surface area contributed by atoms with Crippen LogP contribution >= 0.6 is 0 Å². The predicted molar refractivity (Wildman–Crippen MR) is 74.2 cm³/mol. The number of nitro benzene ring substituents is 1. The fraction of sp³-hybridized carbons (Fsp3) is 0.357. The van der Waals surface area contributed by atoms with Gasteiger partial charge in [-0.25, -0.2) is 0 Å². The maximum absolute atomic E-state index is 12.5. The van der Waals surface area contributed by atoms with Crippen LogP contribution in [0.1, 0.15) is 40.0 Å². The lowest BCUT2D eigenvalue weighted by molar-refractivity contribution is -0.385. The highest BCUT2D eigenvalue weighted by Crippen LogP contribution is 2.33. The Hall–Kier alpha value is -2.77. The normalized spacial score (nSPS) is 21.4. The van der Waals surface area contributed by atoms with Gasteiger partial charge in [-0.2, -0.15) is 0 Å². The summed E-state index contributed by atoms with van der Waals surface area (Å²) in [7, 11) is 0. The summed E-state index contributed by atoms with van der Waals surface area (Å²) in [6, 6.07) is 3.01. The molecule has 0 aliphatic carbocycles. The maximum Gasteiger partial charge on any atom is 0.282 e. The van der Waals surface area contributed by atoms with Gasteiger partial charge in [-0.15, -0.1) is 0 Å². The molecule has 2 aliphatic heterocycles. The number of hydrogen-bond acceptors (Lipinski definition) is 5. The molecule has 8 nitrogen and oxygen atoms in total. The molecule has 8 heteroatoms. The Labute approximate surface area is 125 Å². The van der Waals surface area contributed by atoms with Crippen LogP contribution < -0.4 is 5.32 Å². The van der Waals surface area contributed by atoms with Crippen molar-refractivity contribution in [2.75, 3.05) is 6.54 Å². The summed E-state index contributed by atoms with van der Waals surface area (Å²) in [4.78, 5) is 48.2. The third kappa shape index (κ3) is 2.03. The van der Waals surface area contributed by atoms with Crippen molar-refractivity contribution < 1.29 is 19.3 Å². The third-order valence-electron chi connectivity index (χ3n) is 3.94. The molecule has 2 heterocycles. The van der Waals surface area contributed by atoms with Gasteiger partial charge >= 0.3 is 0 Å². The fourth-order valence-electron chi connectivity index (χ4n) is 2.89. The summed E-state index contributed by atoms with van der Waals surface area (Å²) in [6.45, 7) is 0.499. The van der Waals surface area contributed by atoms with Crippen LogP contribution in [0.2, 0.25) is 0 Å². The van der Waals surface area contributed by atoms with Crippen molar-refractivity contribution in [3.05, 3.63) is 39.4 Å². The number of amides is 3. The molecule has 1 atom stereocenters. The molecule has 1 aromatic rings. The summed E-state index contributed by atoms with van der Waals surface area (Å²) in [6.07, 6.45) is 1.83. The summed E-state index contributed by atoms with van der Waals surface area (Å²) in [5, 5.41) is 13.7. The van der Waals surface area contributed by atoms with Crippen LogP contribution in [-0.2, 0) is 4.79 Å². The molecule has 1 aromatic carbocycles. The van der Waals surface area contributed by atoms with E-state index in [1.165, 1.54) is 18.2 Å². The Bertz CT molecular complexity index is 700. The number of rotatable bonds is 2. The first-order chi connectivity index (χ1) is 10.5. The second-order valence-electron chi connectivity index (χ2n) is 5.24. The number of carbonyl (C=O) groups excluding carboxylic acids is 3. The van der Waals surface area contributed by atoms with Gasteiger partial charge in [-0.1, -0.05) is 6.07 Å². The van der Waals surface area contributed by atoms with Crippen LogP contribution in [0.15, 0.2) is 18.2 Å². The molecule has 1 fully saturated rings. The predicted octanol–water partition coefficient (Wildman–Crippen LogP) is 0.859. The van der Waals surface area contributed by atoms with E-state index < -0.39 is 34.4 Å². The van der Waals surface area contributed by atoms with E-state index in [0.717, 1.165) is 11.3 Å². The molecule has 0 radical (unpaired) electrons. The summed E-state index contributed by atoms with van der Waals surface area (Å²) in [5.41, 5.74) is -0.654. The van der Waals surface area contributed by atoms with Gasteiger partial charge in [0.2, 0.25) is 5.91 Å². The highest BCUT2D eigenvalue weighted by molar-refractivity contribution is 6.24. The first-order valence-corrected chi connectivity index (χ1v) is 6.95. The SMILES string of the molecule is O=C1NCCCC[C@H]1N1C(=O)c2cccc([N+](=O)[O-])c2C1=O. The number of imide groups is 1. The van der Waals surface area contributed by atoms with Gasteiger partial charge in [-0.05, 0) is 25.3 Å². The maximum atomic E-state index is 12.5. The van der Waals surface area contributed by atoms with Crippen LogP contribution in [0.5, 0.6) is 0 Å². The molecule has 3 rings (SSSR count). The molecule has 1 saturated heterocycles. The molecule has 3 amide bonds. The minimum atomic E-state index is -0.908. The smallest absolute Gasteiger partial charge is 0.282 e. The lowest BCUT2D eigenvalue weighted by Crippen LogP contribution is -2.48. The molecule has 0 unspecified atom stereocenters. The average molecular weight is 303 g/mol. The topological polar surface area (TPSA) is 110 Å². The number of nitrogens with zero attached hydrogens (tertiary/aromatic N) is 2. The van der Waals surface area contributed by atoms with E-state index in [1.807, 2.05) is 0 Å². The number of nitrogens with one attached hydrogen (secondary N) is 1. The number of fused-ring (bicyclic) bond motifs is 1.